The number of alkyl halides is 1. The van der Waals surface area contributed by atoms with Gasteiger partial charge in [-0.2, -0.15) is 5.26 Å². The van der Waals surface area contributed by atoms with Gasteiger partial charge >= 0.3 is 0 Å². The number of carbonyl (C=O) groups is 1. The van der Waals surface area contributed by atoms with Crippen LogP contribution in [0.25, 0.3) is 0 Å². The molecule has 0 N–H and O–H groups in total. The van der Waals surface area contributed by atoms with Gasteiger partial charge in [0.25, 0.3) is 0 Å². The zero-order chi connectivity index (χ0) is 8.77. The molecule has 0 heterocycles. The molecule has 3 saturated carbocycles. The molecule has 3 aliphatic rings. The lowest BCUT2D eigenvalue weighted by Crippen LogP contribution is -2.46. The first-order valence-electron chi connectivity index (χ1n) is 4.28. The third kappa shape index (κ3) is 0.964. The molecule has 3 aliphatic carbocycles. The summed E-state index contributed by atoms with van der Waals surface area (Å²) in [6, 6.07) is 2.15. The van der Waals surface area contributed by atoms with E-state index in [2.05, 4.69) is 6.07 Å². The van der Waals surface area contributed by atoms with Gasteiger partial charge in [-0.1, -0.05) is 0 Å². The maximum atomic E-state index is 11.3. The van der Waals surface area contributed by atoms with E-state index >= 15 is 0 Å². The minimum absolute atomic E-state index is 0.0761. The van der Waals surface area contributed by atoms with Crippen molar-refractivity contribution in [1.29, 1.82) is 5.26 Å². The number of halogens is 1. The number of nitriles is 1. The molecule has 0 saturated heterocycles. The lowest BCUT2D eigenvalue weighted by molar-refractivity contribution is -0.129. The highest BCUT2D eigenvalue weighted by molar-refractivity contribution is 6.26. The molecule has 0 aliphatic heterocycles. The molecule has 0 aromatic heterocycles. The third-order valence-corrected chi connectivity index (χ3v) is 3.69. The molecular formula is C9H10ClNO. The fourth-order valence-corrected chi connectivity index (χ4v) is 2.72. The van der Waals surface area contributed by atoms with Crippen molar-refractivity contribution in [3.8, 4) is 6.07 Å². The Hall–Kier alpha value is -0.550. The molecule has 3 fully saturated rings. The Kier molecular flexibility index (Phi) is 1.66. The van der Waals surface area contributed by atoms with Crippen LogP contribution in [0.5, 0.6) is 0 Å². The minimum Gasteiger partial charge on any atom is -0.299 e. The first kappa shape index (κ1) is 8.07. The van der Waals surface area contributed by atoms with Crippen LogP contribution in [0.2, 0.25) is 0 Å². The zero-order valence-corrected chi connectivity index (χ0v) is 7.47. The monoisotopic (exact) mass is 183 g/mol. The Morgan fingerprint density at radius 3 is 2.75 bits per heavy atom. The van der Waals surface area contributed by atoms with Crippen molar-refractivity contribution in [3.05, 3.63) is 0 Å². The highest BCUT2D eigenvalue weighted by Gasteiger charge is 2.50. The van der Waals surface area contributed by atoms with Crippen LogP contribution in [0.3, 0.4) is 0 Å². The van der Waals surface area contributed by atoms with Crippen LogP contribution in [0.15, 0.2) is 0 Å². The normalized spacial score (nSPS) is 45.8. The number of carbonyl (C=O) groups excluding carboxylic acids is 1. The molecule has 12 heavy (non-hydrogen) atoms. The SMILES string of the molecule is N#C[C@]1(Cl)C[C@@H]2CC[C@H]1CC2=O. The number of hydrogen-bond donors (Lipinski definition) is 0. The van der Waals surface area contributed by atoms with E-state index in [1.54, 1.807) is 0 Å². The number of ketones is 1. The van der Waals surface area contributed by atoms with Gasteiger partial charge in [0.05, 0.1) is 6.07 Å². The first-order chi connectivity index (χ1) is 5.65. The average molecular weight is 184 g/mol. The largest absolute Gasteiger partial charge is 0.299 e. The number of rotatable bonds is 0. The minimum atomic E-state index is -0.725. The molecule has 3 rings (SSSR count). The van der Waals surface area contributed by atoms with Gasteiger partial charge in [-0.05, 0) is 25.2 Å². The Balaban J connectivity index is 2.28. The molecule has 0 unspecified atom stereocenters. The topological polar surface area (TPSA) is 40.9 Å². The van der Waals surface area contributed by atoms with Crippen molar-refractivity contribution in [3.63, 3.8) is 0 Å². The van der Waals surface area contributed by atoms with Crippen LogP contribution in [0, 0.1) is 23.2 Å². The van der Waals surface area contributed by atoms with Crippen LogP contribution in [-0.2, 0) is 4.79 Å². The van der Waals surface area contributed by atoms with Gasteiger partial charge in [-0.15, -0.1) is 11.6 Å². The fourth-order valence-electron chi connectivity index (χ4n) is 2.34. The molecule has 0 aromatic carbocycles. The molecular weight excluding hydrogens is 174 g/mol. The predicted molar refractivity (Wildman–Crippen MR) is 44.7 cm³/mol. The van der Waals surface area contributed by atoms with Crippen molar-refractivity contribution in [2.75, 3.05) is 0 Å². The fraction of sp³-hybridized carbons (Fsp3) is 0.778. The summed E-state index contributed by atoms with van der Waals surface area (Å²) in [4.78, 5) is 10.6. The van der Waals surface area contributed by atoms with Gasteiger partial charge in [0.15, 0.2) is 0 Å². The molecule has 0 amide bonds. The quantitative estimate of drug-likeness (QED) is 0.538. The summed E-state index contributed by atoms with van der Waals surface area (Å²) in [7, 11) is 0. The second-order valence-electron chi connectivity index (χ2n) is 3.82. The van der Waals surface area contributed by atoms with Gasteiger partial charge in [-0.25, -0.2) is 0 Å². The summed E-state index contributed by atoms with van der Waals surface area (Å²) in [5, 5.41) is 8.87. The average Bonchev–Trinajstić information content (AvgIpc) is 2.08. The van der Waals surface area contributed by atoms with Crippen molar-refractivity contribution < 1.29 is 4.79 Å². The van der Waals surface area contributed by atoms with Crippen LogP contribution >= 0.6 is 11.6 Å². The van der Waals surface area contributed by atoms with E-state index in [1.165, 1.54) is 0 Å². The zero-order valence-electron chi connectivity index (χ0n) is 6.72. The molecule has 2 nitrogen and oxygen atoms in total. The molecule has 64 valence electrons. The van der Waals surface area contributed by atoms with Crippen molar-refractivity contribution >= 4 is 17.4 Å². The lowest BCUT2D eigenvalue weighted by atomic mass is 9.64. The maximum absolute atomic E-state index is 11.3. The van der Waals surface area contributed by atoms with Crippen molar-refractivity contribution in [2.45, 2.75) is 30.6 Å². The van der Waals surface area contributed by atoms with Crippen LogP contribution in [-0.4, -0.2) is 10.7 Å². The van der Waals surface area contributed by atoms with Crippen LogP contribution < -0.4 is 0 Å². The van der Waals surface area contributed by atoms with Gasteiger partial charge in [0.2, 0.25) is 0 Å². The van der Waals surface area contributed by atoms with Gasteiger partial charge < -0.3 is 0 Å². The van der Waals surface area contributed by atoms with E-state index in [4.69, 9.17) is 16.9 Å². The summed E-state index contributed by atoms with van der Waals surface area (Å²) >= 11 is 6.11. The molecule has 0 radical (unpaired) electrons. The Bertz CT molecular complexity index is 270. The number of Topliss-reactive ketones (excluding diaryl/α,β-unsaturated/α-hetero) is 1. The molecule has 0 aromatic rings. The number of nitrogens with zero attached hydrogens (tertiary/aromatic N) is 1. The molecule has 3 atom stereocenters. The molecule has 0 spiro atoms. The summed E-state index contributed by atoms with van der Waals surface area (Å²) in [5.41, 5.74) is 0. The summed E-state index contributed by atoms with van der Waals surface area (Å²) < 4.78 is 0. The molecule has 3 heteroatoms. The van der Waals surface area contributed by atoms with Crippen LogP contribution in [0.4, 0.5) is 0 Å². The van der Waals surface area contributed by atoms with E-state index in [0.29, 0.717) is 18.6 Å². The highest BCUT2D eigenvalue weighted by atomic mass is 35.5. The lowest BCUT2D eigenvalue weighted by Gasteiger charge is -2.42. The summed E-state index contributed by atoms with van der Waals surface area (Å²) in [5.74, 6) is 0.506. The Morgan fingerprint density at radius 2 is 2.33 bits per heavy atom. The van der Waals surface area contributed by atoms with Crippen molar-refractivity contribution in [2.24, 2.45) is 11.8 Å². The standard InChI is InChI=1S/C9H10ClNO/c10-9(5-11)4-6-1-2-7(9)3-8(6)12/h6-7H,1-4H2/t6-,7-,9+/m0/s1. The Morgan fingerprint density at radius 1 is 1.58 bits per heavy atom. The third-order valence-electron chi connectivity index (χ3n) is 3.14. The smallest absolute Gasteiger partial charge is 0.136 e. The predicted octanol–water partition coefficient (Wildman–Crippen LogP) is 1.88. The van der Waals surface area contributed by atoms with Gasteiger partial charge in [0, 0.05) is 12.3 Å². The van der Waals surface area contributed by atoms with E-state index in [-0.39, 0.29) is 11.8 Å². The van der Waals surface area contributed by atoms with Gasteiger partial charge in [0.1, 0.15) is 10.7 Å². The first-order valence-corrected chi connectivity index (χ1v) is 4.66. The van der Waals surface area contributed by atoms with E-state index < -0.39 is 4.87 Å². The van der Waals surface area contributed by atoms with E-state index in [1.807, 2.05) is 0 Å². The highest BCUT2D eigenvalue weighted by Crippen LogP contribution is 2.48. The van der Waals surface area contributed by atoms with E-state index in [9.17, 15) is 4.79 Å². The second kappa shape index (κ2) is 2.47. The van der Waals surface area contributed by atoms with Gasteiger partial charge in [-0.3, -0.25) is 4.79 Å². The number of fused-ring (bicyclic) bond motifs is 3. The Labute approximate surface area is 76.5 Å². The maximum Gasteiger partial charge on any atom is 0.136 e. The van der Waals surface area contributed by atoms with E-state index in [0.717, 1.165) is 12.8 Å². The second-order valence-corrected chi connectivity index (χ2v) is 4.49. The summed E-state index contributed by atoms with van der Waals surface area (Å²) in [6.07, 6.45) is 3.00. The summed E-state index contributed by atoms with van der Waals surface area (Å²) in [6.45, 7) is 0. The van der Waals surface area contributed by atoms with Crippen LogP contribution in [0.1, 0.15) is 25.7 Å². The van der Waals surface area contributed by atoms with Crippen molar-refractivity contribution in [1.82, 2.24) is 0 Å². The molecule has 2 bridgehead atoms. The number of hydrogen-bond acceptors (Lipinski definition) is 2.